The van der Waals surface area contributed by atoms with Gasteiger partial charge in [0.25, 0.3) is 0 Å². The van der Waals surface area contributed by atoms with Crippen molar-refractivity contribution in [3.05, 3.63) is 24.3 Å². The van der Waals surface area contributed by atoms with Gasteiger partial charge in [0.1, 0.15) is 0 Å². The molecule has 0 heterocycles. The summed E-state index contributed by atoms with van der Waals surface area (Å²) in [5.74, 6) is 0. The molecule has 0 aliphatic rings. The summed E-state index contributed by atoms with van der Waals surface area (Å²) in [6, 6.07) is 6.74. The van der Waals surface area contributed by atoms with Crippen molar-refractivity contribution < 1.29 is 13.2 Å². The van der Waals surface area contributed by atoms with Gasteiger partial charge in [-0.1, -0.05) is 6.92 Å². The second-order valence-electron chi connectivity index (χ2n) is 4.42. The maximum Gasteiger partial charge on any atom is 0.240 e. The van der Waals surface area contributed by atoms with Gasteiger partial charge in [0.05, 0.1) is 4.90 Å². The lowest BCUT2D eigenvalue weighted by Gasteiger charge is -2.08. The largest absolute Gasteiger partial charge is 0.385 e. The Morgan fingerprint density at radius 2 is 1.80 bits per heavy atom. The van der Waals surface area contributed by atoms with Gasteiger partial charge in [0.2, 0.25) is 10.0 Å². The monoisotopic (exact) mass is 300 g/mol. The second-order valence-corrected chi connectivity index (χ2v) is 6.19. The molecule has 0 aromatic heterocycles. The molecule has 5 nitrogen and oxygen atoms in total. The summed E-state index contributed by atoms with van der Waals surface area (Å²) in [6.07, 6.45) is 1.65. The van der Waals surface area contributed by atoms with E-state index in [2.05, 4.69) is 10.0 Å². The highest BCUT2D eigenvalue weighted by Crippen LogP contribution is 2.13. The molecular weight excluding hydrogens is 276 g/mol. The maximum atomic E-state index is 12.0. The van der Waals surface area contributed by atoms with Crippen LogP contribution in [0, 0.1) is 0 Å². The Morgan fingerprint density at radius 1 is 1.10 bits per heavy atom. The molecule has 1 aromatic carbocycles. The maximum absolute atomic E-state index is 12.0. The van der Waals surface area contributed by atoms with Crippen LogP contribution in [-0.4, -0.2) is 34.7 Å². The Hall–Kier alpha value is -1.11. The Balaban J connectivity index is 2.43. The van der Waals surface area contributed by atoms with Crippen LogP contribution in [0.1, 0.15) is 26.7 Å². The van der Waals surface area contributed by atoms with Gasteiger partial charge in [-0.25, -0.2) is 13.1 Å². The van der Waals surface area contributed by atoms with Crippen LogP contribution in [0.2, 0.25) is 0 Å². The molecule has 0 saturated carbocycles. The molecule has 0 saturated heterocycles. The molecule has 2 N–H and O–H groups in total. The molecule has 114 valence electrons. The van der Waals surface area contributed by atoms with Gasteiger partial charge in [-0.2, -0.15) is 0 Å². The van der Waals surface area contributed by atoms with Gasteiger partial charge in [0.15, 0.2) is 0 Å². The van der Waals surface area contributed by atoms with Crippen molar-refractivity contribution in [2.75, 3.05) is 31.6 Å². The van der Waals surface area contributed by atoms with E-state index >= 15 is 0 Å². The van der Waals surface area contributed by atoms with E-state index in [9.17, 15) is 8.42 Å². The van der Waals surface area contributed by atoms with Crippen LogP contribution in [0.5, 0.6) is 0 Å². The first-order valence-corrected chi connectivity index (χ1v) is 8.49. The number of ether oxygens (including phenoxy) is 1. The second kappa shape index (κ2) is 8.94. The summed E-state index contributed by atoms with van der Waals surface area (Å²) in [4.78, 5) is 0.286. The van der Waals surface area contributed by atoms with Crippen LogP contribution in [-0.2, 0) is 14.8 Å². The van der Waals surface area contributed by atoms with E-state index in [1.807, 2.05) is 13.8 Å². The fourth-order valence-corrected chi connectivity index (χ4v) is 2.74. The number of hydrogen-bond acceptors (Lipinski definition) is 4. The molecule has 0 atom stereocenters. The Bertz CT molecular complexity index is 472. The highest BCUT2D eigenvalue weighted by molar-refractivity contribution is 7.89. The fraction of sp³-hybridized carbons (Fsp3) is 0.571. The molecule has 6 heteroatoms. The summed E-state index contributed by atoms with van der Waals surface area (Å²) in [5.41, 5.74) is 0.916. The predicted molar refractivity (Wildman–Crippen MR) is 81.5 cm³/mol. The molecule has 0 bridgehead atoms. The lowest BCUT2D eigenvalue weighted by atomic mass is 10.3. The molecule has 0 aliphatic heterocycles. The first-order chi connectivity index (χ1) is 9.60. The van der Waals surface area contributed by atoms with E-state index in [1.165, 1.54) is 0 Å². The van der Waals surface area contributed by atoms with Crippen LogP contribution in [0.15, 0.2) is 29.2 Å². The van der Waals surface area contributed by atoms with E-state index in [0.29, 0.717) is 19.6 Å². The van der Waals surface area contributed by atoms with Crippen LogP contribution >= 0.6 is 0 Å². The zero-order valence-electron chi connectivity index (χ0n) is 12.2. The summed E-state index contributed by atoms with van der Waals surface area (Å²) in [5, 5.41) is 3.13. The molecular formula is C14H24N2O3S. The number of anilines is 1. The van der Waals surface area contributed by atoms with Crippen molar-refractivity contribution in [2.24, 2.45) is 0 Å². The first-order valence-electron chi connectivity index (χ1n) is 7.01. The minimum atomic E-state index is -3.42. The molecule has 20 heavy (non-hydrogen) atoms. The van der Waals surface area contributed by atoms with Gasteiger partial charge in [0, 0.05) is 32.0 Å². The number of benzene rings is 1. The molecule has 0 fully saturated rings. The molecule has 1 aromatic rings. The van der Waals surface area contributed by atoms with Crippen molar-refractivity contribution >= 4 is 15.7 Å². The third-order valence-electron chi connectivity index (χ3n) is 2.65. The van der Waals surface area contributed by atoms with Gasteiger partial charge >= 0.3 is 0 Å². The molecule has 0 amide bonds. The quantitative estimate of drug-likeness (QED) is 0.650. The highest BCUT2D eigenvalue weighted by Gasteiger charge is 2.12. The zero-order valence-corrected chi connectivity index (χ0v) is 13.0. The number of hydrogen-bond donors (Lipinski definition) is 2. The number of rotatable bonds is 10. The van der Waals surface area contributed by atoms with Gasteiger partial charge < -0.3 is 10.1 Å². The first kappa shape index (κ1) is 16.9. The average Bonchev–Trinajstić information content (AvgIpc) is 2.44. The predicted octanol–water partition coefficient (Wildman–Crippen LogP) is 2.21. The SMILES string of the molecule is CCCOCCCNS(=O)(=O)c1ccc(NCC)cc1. The van der Waals surface area contributed by atoms with Gasteiger partial charge in [-0.05, 0) is 44.0 Å². The zero-order chi connectivity index (χ0) is 14.8. The minimum absolute atomic E-state index is 0.286. The third-order valence-corrected chi connectivity index (χ3v) is 4.13. The third kappa shape index (κ3) is 5.90. The topological polar surface area (TPSA) is 67.4 Å². The number of sulfonamides is 1. The van der Waals surface area contributed by atoms with E-state index in [-0.39, 0.29) is 4.90 Å². The molecule has 0 spiro atoms. The van der Waals surface area contributed by atoms with Crippen LogP contribution in [0.3, 0.4) is 0 Å². The van der Waals surface area contributed by atoms with E-state index in [1.54, 1.807) is 24.3 Å². The number of nitrogens with one attached hydrogen (secondary N) is 2. The smallest absolute Gasteiger partial charge is 0.240 e. The normalized spacial score (nSPS) is 11.5. The lowest BCUT2D eigenvalue weighted by molar-refractivity contribution is 0.133. The summed E-state index contributed by atoms with van der Waals surface area (Å²) in [7, 11) is -3.42. The highest BCUT2D eigenvalue weighted by atomic mass is 32.2. The van der Waals surface area contributed by atoms with E-state index in [0.717, 1.165) is 25.3 Å². The standard InChI is InChI=1S/C14H24N2O3S/c1-3-11-19-12-5-10-16-20(17,18)14-8-6-13(7-9-14)15-4-2/h6-9,15-16H,3-5,10-12H2,1-2H3. The summed E-state index contributed by atoms with van der Waals surface area (Å²) < 4.78 is 31.9. The Labute approximate surface area is 121 Å². The summed E-state index contributed by atoms with van der Waals surface area (Å²) in [6.45, 7) is 6.53. The average molecular weight is 300 g/mol. The molecule has 0 radical (unpaired) electrons. The molecule has 0 aliphatic carbocycles. The molecule has 1 rings (SSSR count). The van der Waals surface area contributed by atoms with Crippen LogP contribution < -0.4 is 10.0 Å². The van der Waals surface area contributed by atoms with Gasteiger partial charge in [-0.3, -0.25) is 0 Å². The van der Waals surface area contributed by atoms with Crippen molar-refractivity contribution in [3.8, 4) is 0 Å². The van der Waals surface area contributed by atoms with Crippen molar-refractivity contribution in [1.82, 2.24) is 4.72 Å². The summed E-state index contributed by atoms with van der Waals surface area (Å²) >= 11 is 0. The van der Waals surface area contributed by atoms with Crippen LogP contribution in [0.25, 0.3) is 0 Å². The van der Waals surface area contributed by atoms with Crippen LogP contribution in [0.4, 0.5) is 5.69 Å². The Morgan fingerprint density at radius 3 is 2.40 bits per heavy atom. The lowest BCUT2D eigenvalue weighted by Crippen LogP contribution is -2.25. The van der Waals surface area contributed by atoms with E-state index < -0.39 is 10.0 Å². The fourth-order valence-electron chi connectivity index (χ4n) is 1.67. The van der Waals surface area contributed by atoms with Crippen molar-refractivity contribution in [2.45, 2.75) is 31.6 Å². The van der Waals surface area contributed by atoms with Gasteiger partial charge in [-0.15, -0.1) is 0 Å². The Kier molecular flexibility index (Phi) is 7.58. The van der Waals surface area contributed by atoms with Crippen molar-refractivity contribution in [3.63, 3.8) is 0 Å². The molecule has 0 unspecified atom stereocenters. The van der Waals surface area contributed by atoms with Crippen molar-refractivity contribution in [1.29, 1.82) is 0 Å². The van der Waals surface area contributed by atoms with E-state index in [4.69, 9.17) is 4.74 Å². The minimum Gasteiger partial charge on any atom is -0.385 e.